The van der Waals surface area contributed by atoms with Gasteiger partial charge in [-0.25, -0.2) is 14.4 Å². The molecule has 3 aliphatic rings. The summed E-state index contributed by atoms with van der Waals surface area (Å²) in [4.78, 5) is 62.6. The van der Waals surface area contributed by atoms with Crippen molar-refractivity contribution in [2.24, 2.45) is 0 Å². The van der Waals surface area contributed by atoms with Gasteiger partial charge in [-0.15, -0.1) is 0 Å². The fourth-order valence-electron chi connectivity index (χ4n) is 4.26. The van der Waals surface area contributed by atoms with Gasteiger partial charge in [-0.2, -0.15) is 0 Å². The SMILES string of the molecule is C/C=C(/C)C(=O)O[C@@H]1C2=C(COC(C)=O)C(=O)OC2=C[C@](C)(O)[C@@H]2O[C@@H]2/C=C(/COC(=O)/C=C(\C)CO)[C@H]1OC(C)=O. The van der Waals surface area contributed by atoms with Crippen molar-refractivity contribution in [3.8, 4) is 0 Å². The molecule has 2 aliphatic heterocycles. The summed E-state index contributed by atoms with van der Waals surface area (Å²) in [7, 11) is 0. The fraction of sp³-hybridized carbons (Fsp3) is 0.483. The zero-order valence-corrected chi connectivity index (χ0v) is 24.1. The molecule has 228 valence electrons. The van der Waals surface area contributed by atoms with Crippen LogP contribution in [0.1, 0.15) is 41.5 Å². The van der Waals surface area contributed by atoms with Crippen LogP contribution >= 0.6 is 0 Å². The number of allylic oxidation sites excluding steroid dienone is 1. The van der Waals surface area contributed by atoms with E-state index in [9.17, 15) is 34.2 Å². The van der Waals surface area contributed by atoms with Crippen molar-refractivity contribution in [1.82, 2.24) is 0 Å². The molecule has 5 atom stereocenters. The van der Waals surface area contributed by atoms with Crippen LogP contribution in [0.5, 0.6) is 0 Å². The summed E-state index contributed by atoms with van der Waals surface area (Å²) in [6.45, 7) is 6.75. The monoisotopic (exact) mass is 590 g/mol. The number of ether oxygens (including phenoxy) is 6. The minimum atomic E-state index is -1.72. The molecular formula is C29H34O13. The molecule has 2 N–H and O–H groups in total. The fourth-order valence-corrected chi connectivity index (χ4v) is 4.26. The van der Waals surface area contributed by atoms with Crippen LogP contribution in [0.15, 0.2) is 57.9 Å². The summed E-state index contributed by atoms with van der Waals surface area (Å²) in [6, 6.07) is 0. The van der Waals surface area contributed by atoms with E-state index in [1.165, 1.54) is 39.0 Å². The first-order valence-electron chi connectivity index (χ1n) is 13.0. The van der Waals surface area contributed by atoms with Gasteiger partial charge >= 0.3 is 29.8 Å². The molecule has 0 unspecified atom stereocenters. The first-order valence-corrected chi connectivity index (χ1v) is 13.0. The van der Waals surface area contributed by atoms with E-state index in [1.807, 2.05) is 0 Å². The lowest BCUT2D eigenvalue weighted by Gasteiger charge is -2.31. The van der Waals surface area contributed by atoms with Crippen LogP contribution in [0.4, 0.5) is 0 Å². The van der Waals surface area contributed by atoms with E-state index in [4.69, 9.17) is 28.4 Å². The van der Waals surface area contributed by atoms with Gasteiger partial charge in [-0.05, 0) is 45.4 Å². The maximum absolute atomic E-state index is 13.1. The topological polar surface area (TPSA) is 184 Å². The van der Waals surface area contributed by atoms with Crippen LogP contribution in [0.25, 0.3) is 0 Å². The molecule has 13 heteroatoms. The molecule has 0 bridgehead atoms. The molecule has 0 amide bonds. The molecule has 1 fully saturated rings. The molecule has 1 aliphatic carbocycles. The van der Waals surface area contributed by atoms with Gasteiger partial charge < -0.3 is 38.6 Å². The third kappa shape index (κ3) is 7.81. The van der Waals surface area contributed by atoms with Crippen molar-refractivity contribution in [3.05, 3.63) is 57.9 Å². The van der Waals surface area contributed by atoms with E-state index in [0.717, 1.165) is 19.9 Å². The zero-order chi connectivity index (χ0) is 31.4. The van der Waals surface area contributed by atoms with E-state index in [0.29, 0.717) is 5.57 Å². The Labute approximate surface area is 242 Å². The van der Waals surface area contributed by atoms with Crippen LogP contribution in [-0.4, -0.2) is 89.9 Å². The quantitative estimate of drug-likeness (QED) is 0.128. The Bertz CT molecular complexity index is 1310. The standard InChI is InChI=1S/C29H34O13/c1-7-15(3)27(34)42-25-23-19(13-37-16(4)31)28(35)41-21(23)10-29(6,36)26-20(40-26)9-18(24(25)39-17(5)32)12-38-22(33)8-14(2)11-30/h7-10,20,24-26,30,36H,11-13H2,1-6H3/b14-8+,15-7-,18-9-,21-10?/t20-,24-,25-,26-,29+/m1/s1. The molecule has 0 radical (unpaired) electrons. The van der Waals surface area contributed by atoms with E-state index in [2.05, 4.69) is 0 Å². The molecule has 1 saturated heterocycles. The summed E-state index contributed by atoms with van der Waals surface area (Å²) < 4.78 is 33.0. The maximum atomic E-state index is 13.1. The summed E-state index contributed by atoms with van der Waals surface area (Å²) in [5.74, 6) is -4.38. The Hall–Kier alpha value is -4.07. The lowest BCUT2D eigenvalue weighted by Crippen LogP contribution is -2.41. The second-order valence-electron chi connectivity index (χ2n) is 10.1. The number of hydrogen-bond acceptors (Lipinski definition) is 13. The zero-order valence-electron chi connectivity index (χ0n) is 24.1. The third-order valence-electron chi connectivity index (χ3n) is 6.56. The van der Waals surface area contributed by atoms with Gasteiger partial charge in [0.2, 0.25) is 0 Å². The highest BCUT2D eigenvalue weighted by Gasteiger charge is 2.53. The number of esters is 5. The molecule has 2 heterocycles. The average molecular weight is 591 g/mol. The van der Waals surface area contributed by atoms with E-state index < -0.39 is 73.1 Å². The predicted molar refractivity (Wildman–Crippen MR) is 142 cm³/mol. The Kier molecular flexibility index (Phi) is 10.3. The van der Waals surface area contributed by atoms with Crippen molar-refractivity contribution in [2.45, 2.75) is 71.6 Å². The maximum Gasteiger partial charge on any atom is 0.343 e. The summed E-state index contributed by atoms with van der Waals surface area (Å²) in [5, 5.41) is 20.5. The van der Waals surface area contributed by atoms with Crippen LogP contribution in [-0.2, 0) is 52.4 Å². The van der Waals surface area contributed by atoms with Crippen molar-refractivity contribution in [2.75, 3.05) is 19.8 Å². The molecule has 0 aromatic carbocycles. The summed E-state index contributed by atoms with van der Waals surface area (Å²) >= 11 is 0. The number of hydrogen-bond donors (Lipinski definition) is 2. The minimum absolute atomic E-state index is 0.0905. The Morgan fingerprint density at radius 1 is 1.02 bits per heavy atom. The van der Waals surface area contributed by atoms with Crippen LogP contribution in [0.3, 0.4) is 0 Å². The molecule has 0 aromatic rings. The molecule has 0 saturated carbocycles. The number of epoxide rings is 1. The second-order valence-corrected chi connectivity index (χ2v) is 10.1. The lowest BCUT2D eigenvalue weighted by atomic mass is 9.88. The number of aliphatic hydroxyl groups is 2. The number of rotatable bonds is 9. The first kappa shape index (κ1) is 32.4. The summed E-state index contributed by atoms with van der Waals surface area (Å²) in [5.41, 5.74) is -1.49. The van der Waals surface area contributed by atoms with E-state index in [1.54, 1.807) is 6.92 Å². The Morgan fingerprint density at radius 2 is 1.71 bits per heavy atom. The van der Waals surface area contributed by atoms with Crippen LogP contribution in [0.2, 0.25) is 0 Å². The van der Waals surface area contributed by atoms with Crippen molar-refractivity contribution >= 4 is 29.8 Å². The highest BCUT2D eigenvalue weighted by molar-refractivity contribution is 5.96. The number of aliphatic hydroxyl groups excluding tert-OH is 1. The Balaban J connectivity index is 2.26. The van der Waals surface area contributed by atoms with Crippen LogP contribution < -0.4 is 0 Å². The van der Waals surface area contributed by atoms with Crippen molar-refractivity contribution < 1.29 is 62.6 Å². The number of carbonyl (C=O) groups is 5. The normalized spacial score (nSPS) is 28.7. The smallest absolute Gasteiger partial charge is 0.343 e. The summed E-state index contributed by atoms with van der Waals surface area (Å²) in [6.07, 6.45) is 0.523. The molecule has 13 nitrogen and oxygen atoms in total. The largest absolute Gasteiger partial charge is 0.461 e. The highest BCUT2D eigenvalue weighted by Crippen LogP contribution is 2.42. The van der Waals surface area contributed by atoms with Gasteiger partial charge in [0.25, 0.3) is 0 Å². The predicted octanol–water partition coefficient (Wildman–Crippen LogP) is 1.04. The van der Waals surface area contributed by atoms with Gasteiger partial charge in [-0.3, -0.25) is 9.59 Å². The Morgan fingerprint density at radius 3 is 2.31 bits per heavy atom. The van der Waals surface area contributed by atoms with Gasteiger partial charge in [0.15, 0.2) is 12.2 Å². The van der Waals surface area contributed by atoms with Gasteiger partial charge in [0.1, 0.15) is 36.8 Å². The highest BCUT2D eigenvalue weighted by atomic mass is 16.6. The minimum Gasteiger partial charge on any atom is -0.461 e. The number of carbonyl (C=O) groups excluding carboxylic acids is 5. The molecule has 0 aromatic heterocycles. The van der Waals surface area contributed by atoms with E-state index >= 15 is 0 Å². The van der Waals surface area contributed by atoms with Gasteiger partial charge in [0.05, 0.1) is 17.8 Å². The first-order chi connectivity index (χ1) is 19.7. The van der Waals surface area contributed by atoms with Crippen molar-refractivity contribution in [3.63, 3.8) is 0 Å². The molecular weight excluding hydrogens is 556 g/mol. The number of fused-ring (bicyclic) bond motifs is 2. The molecule has 0 spiro atoms. The van der Waals surface area contributed by atoms with Crippen molar-refractivity contribution in [1.29, 1.82) is 0 Å². The third-order valence-corrected chi connectivity index (χ3v) is 6.56. The van der Waals surface area contributed by atoms with E-state index in [-0.39, 0.29) is 34.7 Å². The second kappa shape index (κ2) is 13.3. The average Bonchev–Trinajstić information content (AvgIpc) is 3.63. The molecule has 3 rings (SSSR count). The van der Waals surface area contributed by atoms with Gasteiger partial charge in [0, 0.05) is 31.1 Å². The van der Waals surface area contributed by atoms with Gasteiger partial charge in [-0.1, -0.05) is 6.08 Å². The lowest BCUT2D eigenvalue weighted by molar-refractivity contribution is -0.159. The molecule has 42 heavy (non-hydrogen) atoms. The van der Waals surface area contributed by atoms with Crippen LogP contribution in [0, 0.1) is 0 Å².